The SMILES string of the molecule is c1ccc(-n2c(-c3ccc(-c4ccc5c6c(ccc5c4)-c4c(ccc5ccccc45)C64c5ccccc5-c5ccccc54)cc3)nc3ccccc32)cc1. The first-order valence-corrected chi connectivity index (χ1v) is 18.7. The number of hydrogen-bond donors (Lipinski definition) is 0. The maximum atomic E-state index is 5.10. The second kappa shape index (κ2) is 11.0. The molecular weight excluding hydrogens is 653 g/mol. The summed E-state index contributed by atoms with van der Waals surface area (Å²) in [4.78, 5) is 5.10. The van der Waals surface area contributed by atoms with Gasteiger partial charge in [-0.3, -0.25) is 4.57 Å². The van der Waals surface area contributed by atoms with Crippen LogP contribution in [0.3, 0.4) is 0 Å². The van der Waals surface area contributed by atoms with Crippen molar-refractivity contribution >= 4 is 32.6 Å². The molecule has 2 aliphatic rings. The predicted molar refractivity (Wildman–Crippen MR) is 223 cm³/mol. The van der Waals surface area contributed by atoms with E-state index in [1.165, 1.54) is 77.2 Å². The average Bonchev–Trinajstić information content (AvgIpc) is 3.88. The van der Waals surface area contributed by atoms with Crippen molar-refractivity contribution in [1.29, 1.82) is 0 Å². The van der Waals surface area contributed by atoms with E-state index in [0.717, 1.165) is 28.1 Å². The van der Waals surface area contributed by atoms with Crippen LogP contribution in [-0.2, 0) is 5.41 Å². The van der Waals surface area contributed by atoms with E-state index in [4.69, 9.17) is 4.98 Å². The molecular formula is C52H32N2. The highest BCUT2D eigenvalue weighted by molar-refractivity contribution is 6.11. The highest BCUT2D eigenvalue weighted by atomic mass is 15.1. The Morgan fingerprint density at radius 3 is 1.87 bits per heavy atom. The van der Waals surface area contributed by atoms with Crippen molar-refractivity contribution in [3.8, 4) is 50.5 Å². The van der Waals surface area contributed by atoms with E-state index in [0.29, 0.717) is 0 Å². The molecule has 0 saturated carbocycles. The largest absolute Gasteiger partial charge is 0.292 e. The lowest BCUT2D eigenvalue weighted by atomic mass is 9.69. The van der Waals surface area contributed by atoms with E-state index in [1.807, 2.05) is 0 Å². The minimum Gasteiger partial charge on any atom is -0.292 e. The summed E-state index contributed by atoms with van der Waals surface area (Å²) >= 11 is 0. The average molecular weight is 685 g/mol. The zero-order chi connectivity index (χ0) is 35.4. The van der Waals surface area contributed by atoms with Gasteiger partial charge < -0.3 is 0 Å². The topological polar surface area (TPSA) is 17.8 Å². The van der Waals surface area contributed by atoms with E-state index in [-0.39, 0.29) is 0 Å². The van der Waals surface area contributed by atoms with Gasteiger partial charge in [0.15, 0.2) is 0 Å². The molecule has 0 bridgehead atoms. The Balaban J connectivity index is 1.04. The van der Waals surface area contributed by atoms with Gasteiger partial charge in [-0.15, -0.1) is 0 Å². The predicted octanol–water partition coefficient (Wildman–Crippen LogP) is 13.0. The molecule has 1 heterocycles. The molecule has 2 nitrogen and oxygen atoms in total. The maximum Gasteiger partial charge on any atom is 0.145 e. The lowest BCUT2D eigenvalue weighted by Gasteiger charge is -2.31. The van der Waals surface area contributed by atoms with Gasteiger partial charge >= 0.3 is 0 Å². The summed E-state index contributed by atoms with van der Waals surface area (Å²) in [6, 6.07) is 71.4. The van der Waals surface area contributed by atoms with Crippen molar-refractivity contribution in [2.75, 3.05) is 0 Å². The molecule has 12 rings (SSSR count). The summed E-state index contributed by atoms with van der Waals surface area (Å²) in [6.45, 7) is 0. The van der Waals surface area contributed by atoms with Crippen LogP contribution >= 0.6 is 0 Å². The quantitative estimate of drug-likeness (QED) is 0.181. The van der Waals surface area contributed by atoms with Crippen molar-refractivity contribution in [3.05, 3.63) is 216 Å². The molecule has 2 aliphatic carbocycles. The Morgan fingerprint density at radius 1 is 0.407 bits per heavy atom. The number of fused-ring (bicyclic) bond motifs is 15. The molecule has 10 aromatic rings. The number of para-hydroxylation sites is 3. The lowest BCUT2D eigenvalue weighted by molar-refractivity contribution is 0.802. The molecule has 0 atom stereocenters. The second-order valence-corrected chi connectivity index (χ2v) is 14.6. The van der Waals surface area contributed by atoms with Crippen LogP contribution in [0, 0.1) is 0 Å². The summed E-state index contributed by atoms with van der Waals surface area (Å²) in [5, 5.41) is 5.14. The van der Waals surface area contributed by atoms with E-state index < -0.39 is 5.41 Å². The number of aromatic nitrogens is 2. The van der Waals surface area contributed by atoms with Gasteiger partial charge in [0.2, 0.25) is 0 Å². The van der Waals surface area contributed by atoms with Crippen molar-refractivity contribution in [2.24, 2.45) is 0 Å². The van der Waals surface area contributed by atoms with Gasteiger partial charge in [-0.05, 0) is 108 Å². The van der Waals surface area contributed by atoms with Crippen LogP contribution in [0.1, 0.15) is 22.3 Å². The van der Waals surface area contributed by atoms with E-state index in [9.17, 15) is 0 Å². The highest BCUT2D eigenvalue weighted by Crippen LogP contribution is 2.65. The van der Waals surface area contributed by atoms with Gasteiger partial charge in [-0.1, -0.05) is 164 Å². The smallest absolute Gasteiger partial charge is 0.145 e. The van der Waals surface area contributed by atoms with Gasteiger partial charge in [-0.2, -0.15) is 0 Å². The fourth-order valence-corrected chi connectivity index (χ4v) is 9.79. The van der Waals surface area contributed by atoms with Gasteiger partial charge in [0.1, 0.15) is 5.82 Å². The van der Waals surface area contributed by atoms with Crippen molar-refractivity contribution in [2.45, 2.75) is 5.41 Å². The summed E-state index contributed by atoms with van der Waals surface area (Å²) in [6.07, 6.45) is 0. The minimum absolute atomic E-state index is 0.408. The maximum absolute atomic E-state index is 5.10. The third-order valence-corrected chi connectivity index (χ3v) is 12.0. The molecule has 0 aliphatic heterocycles. The molecule has 9 aromatic carbocycles. The first kappa shape index (κ1) is 29.5. The van der Waals surface area contributed by atoms with E-state index in [2.05, 4.69) is 199 Å². The van der Waals surface area contributed by atoms with Crippen LogP contribution in [-0.4, -0.2) is 9.55 Å². The Kier molecular flexibility index (Phi) is 6.01. The van der Waals surface area contributed by atoms with Crippen molar-refractivity contribution in [1.82, 2.24) is 9.55 Å². The zero-order valence-corrected chi connectivity index (χ0v) is 29.4. The molecule has 0 amide bonds. The number of hydrogen-bond acceptors (Lipinski definition) is 1. The van der Waals surface area contributed by atoms with Crippen LogP contribution in [0.4, 0.5) is 0 Å². The molecule has 0 N–H and O–H groups in total. The molecule has 0 saturated heterocycles. The fraction of sp³-hybridized carbons (Fsp3) is 0.0192. The van der Waals surface area contributed by atoms with Gasteiger partial charge in [-0.25, -0.2) is 4.98 Å². The molecule has 0 radical (unpaired) electrons. The molecule has 1 spiro atoms. The molecule has 0 unspecified atom stereocenters. The van der Waals surface area contributed by atoms with Crippen molar-refractivity contribution < 1.29 is 0 Å². The van der Waals surface area contributed by atoms with Crippen LogP contribution in [0.25, 0.3) is 83.0 Å². The first-order chi connectivity index (χ1) is 26.8. The van der Waals surface area contributed by atoms with E-state index in [1.54, 1.807) is 0 Å². The van der Waals surface area contributed by atoms with Gasteiger partial charge in [0, 0.05) is 11.3 Å². The fourth-order valence-electron chi connectivity index (χ4n) is 9.79. The number of imidazole rings is 1. The molecule has 2 heteroatoms. The summed E-state index contributed by atoms with van der Waals surface area (Å²) < 4.78 is 2.26. The van der Waals surface area contributed by atoms with E-state index >= 15 is 0 Å². The molecule has 250 valence electrons. The third kappa shape index (κ3) is 3.87. The zero-order valence-electron chi connectivity index (χ0n) is 29.4. The van der Waals surface area contributed by atoms with Gasteiger partial charge in [0.05, 0.1) is 16.4 Å². The monoisotopic (exact) mass is 684 g/mol. The Hall–Kier alpha value is -7.03. The van der Waals surface area contributed by atoms with Crippen molar-refractivity contribution in [3.63, 3.8) is 0 Å². The number of rotatable bonds is 3. The van der Waals surface area contributed by atoms with Crippen LogP contribution < -0.4 is 0 Å². The first-order valence-electron chi connectivity index (χ1n) is 18.7. The minimum atomic E-state index is -0.408. The molecule has 1 aromatic heterocycles. The number of benzene rings is 9. The Morgan fingerprint density at radius 2 is 1.06 bits per heavy atom. The summed E-state index contributed by atoms with van der Waals surface area (Å²) in [5.41, 5.74) is 17.1. The number of nitrogens with zero attached hydrogens (tertiary/aromatic N) is 2. The molecule has 0 fully saturated rings. The molecule has 54 heavy (non-hydrogen) atoms. The standard InChI is InChI=1S/C52H32N2/c1-2-13-38(14-3-1)54-48-21-11-10-20-47(48)53-51(54)35-24-22-33(23-25-35)36-26-29-40-37(32-36)27-30-43-49-39-15-5-4-12-34(39)28-31-46(49)52(50(40)43)44-18-8-6-16-41(44)42-17-7-9-19-45(42)52/h1-32H. The van der Waals surface area contributed by atoms with Gasteiger partial charge in [0.25, 0.3) is 0 Å². The lowest BCUT2D eigenvalue weighted by Crippen LogP contribution is -2.26. The Bertz CT molecular complexity index is 3100. The highest BCUT2D eigenvalue weighted by Gasteiger charge is 2.52. The summed E-state index contributed by atoms with van der Waals surface area (Å²) in [7, 11) is 0. The van der Waals surface area contributed by atoms with Crippen LogP contribution in [0.5, 0.6) is 0 Å². The van der Waals surface area contributed by atoms with Crippen LogP contribution in [0.2, 0.25) is 0 Å². The van der Waals surface area contributed by atoms with Crippen LogP contribution in [0.15, 0.2) is 194 Å². The Labute approximate surface area is 313 Å². The second-order valence-electron chi connectivity index (χ2n) is 14.6. The normalized spacial score (nSPS) is 13.3. The third-order valence-electron chi connectivity index (χ3n) is 12.0. The summed E-state index contributed by atoms with van der Waals surface area (Å²) in [5.74, 6) is 0.942.